The van der Waals surface area contributed by atoms with Crippen molar-refractivity contribution in [2.45, 2.75) is 56.0 Å². The van der Waals surface area contributed by atoms with E-state index >= 15 is 0 Å². The van der Waals surface area contributed by atoms with Gasteiger partial charge in [0.25, 0.3) is 0 Å². The van der Waals surface area contributed by atoms with Crippen LogP contribution < -0.4 is 10.6 Å². The number of nitrogens with one attached hydrogen (secondary N) is 2. The molecule has 0 aromatic heterocycles. The standard InChI is InChI=1S/C26H28N2O5/c29-23(30)14-22(24(31)28-26(12-13-26)16-6-5-7-16)27-25(32)33-15-21-19-10-3-1-8-17(19)18-9-2-4-11-20(18)21/h1-4,8-11,16,21-22H,5-7,12-15H2,(H,27,32)(H,28,31)(H,29,30). The molecule has 7 heteroatoms. The van der Waals surface area contributed by atoms with Crippen LogP contribution in [0.3, 0.4) is 0 Å². The Morgan fingerprint density at radius 3 is 2.12 bits per heavy atom. The van der Waals surface area contributed by atoms with Crippen LogP contribution in [-0.4, -0.2) is 41.3 Å². The third-order valence-electron chi connectivity index (χ3n) is 7.38. The van der Waals surface area contributed by atoms with Crippen molar-refractivity contribution in [2.24, 2.45) is 5.92 Å². The molecule has 0 spiro atoms. The number of carboxylic acid groups (broad SMARTS) is 1. The van der Waals surface area contributed by atoms with Gasteiger partial charge in [-0.25, -0.2) is 4.79 Å². The predicted octanol–water partition coefficient (Wildman–Crippen LogP) is 3.82. The number of hydrogen-bond acceptors (Lipinski definition) is 4. The van der Waals surface area contributed by atoms with Crippen LogP contribution in [0.15, 0.2) is 48.5 Å². The van der Waals surface area contributed by atoms with E-state index in [0.717, 1.165) is 47.9 Å². The van der Waals surface area contributed by atoms with Crippen LogP contribution in [0.25, 0.3) is 11.1 Å². The van der Waals surface area contributed by atoms with Gasteiger partial charge in [-0.05, 0) is 53.9 Å². The molecule has 1 atom stereocenters. The van der Waals surface area contributed by atoms with Crippen LogP contribution in [0, 0.1) is 5.92 Å². The van der Waals surface area contributed by atoms with E-state index in [2.05, 4.69) is 22.8 Å². The number of fused-ring (bicyclic) bond motifs is 3. The molecule has 0 bridgehead atoms. The molecule has 3 aliphatic rings. The molecule has 7 nitrogen and oxygen atoms in total. The van der Waals surface area contributed by atoms with E-state index in [1.807, 2.05) is 36.4 Å². The Balaban J connectivity index is 1.23. The van der Waals surface area contributed by atoms with Crippen molar-refractivity contribution >= 4 is 18.0 Å². The van der Waals surface area contributed by atoms with E-state index < -0.39 is 30.4 Å². The number of rotatable bonds is 8. The van der Waals surface area contributed by atoms with Crippen molar-refractivity contribution in [1.29, 1.82) is 0 Å². The van der Waals surface area contributed by atoms with E-state index in [0.29, 0.717) is 5.92 Å². The molecule has 172 valence electrons. The first-order valence-corrected chi connectivity index (χ1v) is 11.6. The average molecular weight is 449 g/mol. The molecule has 0 radical (unpaired) electrons. The maximum absolute atomic E-state index is 12.9. The average Bonchev–Trinajstić information content (AvgIpc) is 3.44. The van der Waals surface area contributed by atoms with E-state index in [1.54, 1.807) is 0 Å². The summed E-state index contributed by atoms with van der Waals surface area (Å²) in [6.45, 7) is 0.104. The molecular weight excluding hydrogens is 420 g/mol. The van der Waals surface area contributed by atoms with Crippen LogP contribution in [0.4, 0.5) is 4.79 Å². The van der Waals surface area contributed by atoms with Gasteiger partial charge in [0, 0.05) is 11.5 Å². The lowest BCUT2D eigenvalue weighted by Crippen LogP contribution is -2.54. The predicted molar refractivity (Wildman–Crippen MR) is 122 cm³/mol. The molecule has 3 aliphatic carbocycles. The summed E-state index contributed by atoms with van der Waals surface area (Å²) >= 11 is 0. The highest BCUT2D eigenvalue weighted by molar-refractivity contribution is 5.90. The molecule has 0 aliphatic heterocycles. The smallest absolute Gasteiger partial charge is 0.407 e. The molecule has 0 saturated heterocycles. The first-order valence-electron chi connectivity index (χ1n) is 11.6. The Morgan fingerprint density at radius 2 is 1.61 bits per heavy atom. The fourth-order valence-corrected chi connectivity index (χ4v) is 5.23. The number of aliphatic carboxylic acids is 1. The fraction of sp³-hybridized carbons (Fsp3) is 0.423. The van der Waals surface area contributed by atoms with Crippen LogP contribution in [0.5, 0.6) is 0 Å². The number of benzene rings is 2. The lowest BCUT2D eigenvalue weighted by molar-refractivity contribution is -0.140. The fourth-order valence-electron chi connectivity index (χ4n) is 5.23. The van der Waals surface area contributed by atoms with Gasteiger partial charge in [-0.3, -0.25) is 9.59 Å². The number of amides is 2. The Kier molecular flexibility index (Phi) is 5.56. The maximum Gasteiger partial charge on any atom is 0.407 e. The Hall–Kier alpha value is -3.35. The van der Waals surface area contributed by atoms with Crippen LogP contribution in [0.2, 0.25) is 0 Å². The number of ether oxygens (including phenoxy) is 1. The van der Waals surface area contributed by atoms with Gasteiger partial charge in [0.05, 0.1) is 6.42 Å². The van der Waals surface area contributed by atoms with Gasteiger partial charge >= 0.3 is 12.1 Å². The number of carbonyl (C=O) groups excluding carboxylic acids is 2. The molecule has 1 unspecified atom stereocenters. The van der Waals surface area contributed by atoms with Crippen molar-refractivity contribution in [1.82, 2.24) is 10.6 Å². The van der Waals surface area contributed by atoms with Crippen LogP contribution in [-0.2, 0) is 14.3 Å². The molecule has 2 aromatic rings. The lowest BCUT2D eigenvalue weighted by atomic mass is 9.78. The zero-order chi connectivity index (χ0) is 23.0. The van der Waals surface area contributed by atoms with Gasteiger partial charge in [0.2, 0.25) is 5.91 Å². The number of hydrogen-bond donors (Lipinski definition) is 3. The molecule has 5 rings (SSSR count). The second-order valence-corrected chi connectivity index (χ2v) is 9.39. The summed E-state index contributed by atoms with van der Waals surface area (Å²) in [5, 5.41) is 14.8. The molecule has 2 fully saturated rings. The summed E-state index contributed by atoms with van der Waals surface area (Å²) in [4.78, 5) is 36.8. The topological polar surface area (TPSA) is 105 Å². The lowest BCUT2D eigenvalue weighted by Gasteiger charge is -2.35. The summed E-state index contributed by atoms with van der Waals surface area (Å²) in [6, 6.07) is 14.9. The van der Waals surface area contributed by atoms with Crippen molar-refractivity contribution < 1.29 is 24.2 Å². The van der Waals surface area contributed by atoms with Crippen LogP contribution >= 0.6 is 0 Å². The second-order valence-electron chi connectivity index (χ2n) is 9.39. The summed E-state index contributed by atoms with van der Waals surface area (Å²) in [5.74, 6) is -1.25. The number of carbonyl (C=O) groups is 3. The largest absolute Gasteiger partial charge is 0.481 e. The highest BCUT2D eigenvalue weighted by Gasteiger charge is 2.52. The SMILES string of the molecule is O=C(O)CC(NC(=O)OCC1c2ccccc2-c2ccccc21)C(=O)NC1(C2CCC2)CC1. The van der Waals surface area contributed by atoms with E-state index in [9.17, 15) is 19.5 Å². The van der Waals surface area contributed by atoms with E-state index in [1.165, 1.54) is 6.42 Å². The van der Waals surface area contributed by atoms with Crippen molar-refractivity contribution in [3.63, 3.8) is 0 Å². The van der Waals surface area contributed by atoms with Gasteiger partial charge < -0.3 is 20.5 Å². The Labute approximate surface area is 192 Å². The summed E-state index contributed by atoms with van der Waals surface area (Å²) in [5.41, 5.74) is 4.20. The first kappa shape index (κ1) is 21.5. The number of alkyl carbamates (subject to hydrolysis) is 1. The van der Waals surface area contributed by atoms with Gasteiger partial charge in [0.15, 0.2) is 0 Å². The first-order chi connectivity index (χ1) is 16.0. The molecule has 0 heterocycles. The molecule has 3 N–H and O–H groups in total. The van der Waals surface area contributed by atoms with E-state index in [-0.39, 0.29) is 18.1 Å². The molecular formula is C26H28N2O5. The zero-order valence-corrected chi connectivity index (χ0v) is 18.4. The highest BCUT2D eigenvalue weighted by Crippen LogP contribution is 2.50. The third-order valence-corrected chi connectivity index (χ3v) is 7.38. The molecule has 2 aromatic carbocycles. The monoisotopic (exact) mass is 448 g/mol. The molecule has 2 amide bonds. The molecule has 2 saturated carbocycles. The quantitative estimate of drug-likeness (QED) is 0.570. The van der Waals surface area contributed by atoms with Crippen LogP contribution in [0.1, 0.15) is 55.6 Å². The third kappa shape index (κ3) is 4.19. The van der Waals surface area contributed by atoms with Gasteiger partial charge in [-0.2, -0.15) is 0 Å². The van der Waals surface area contributed by atoms with Gasteiger partial charge in [-0.15, -0.1) is 0 Å². The molecule has 33 heavy (non-hydrogen) atoms. The normalized spacial score (nSPS) is 18.9. The zero-order valence-electron chi connectivity index (χ0n) is 18.4. The summed E-state index contributed by atoms with van der Waals surface area (Å²) in [7, 11) is 0. The Bertz CT molecular complexity index is 1040. The summed E-state index contributed by atoms with van der Waals surface area (Å²) in [6.07, 6.45) is 3.89. The Morgan fingerprint density at radius 1 is 1.00 bits per heavy atom. The minimum absolute atomic E-state index is 0.104. The minimum atomic E-state index is -1.17. The second kappa shape index (κ2) is 8.54. The number of carboxylic acids is 1. The van der Waals surface area contributed by atoms with Crippen molar-refractivity contribution in [3.8, 4) is 11.1 Å². The van der Waals surface area contributed by atoms with Gasteiger partial charge in [0.1, 0.15) is 12.6 Å². The maximum atomic E-state index is 12.9. The van der Waals surface area contributed by atoms with Crippen molar-refractivity contribution in [3.05, 3.63) is 59.7 Å². The van der Waals surface area contributed by atoms with E-state index in [4.69, 9.17) is 4.74 Å². The van der Waals surface area contributed by atoms with Crippen molar-refractivity contribution in [2.75, 3.05) is 6.61 Å². The highest BCUT2D eigenvalue weighted by atomic mass is 16.5. The van der Waals surface area contributed by atoms with Gasteiger partial charge in [-0.1, -0.05) is 55.0 Å². The minimum Gasteiger partial charge on any atom is -0.481 e. The summed E-state index contributed by atoms with van der Waals surface area (Å²) < 4.78 is 5.50.